The number of nitrogens with one attached hydrogen (secondary N) is 2. The Bertz CT molecular complexity index is 516. The topological polar surface area (TPSA) is 74.3 Å². The maximum absolute atomic E-state index is 12.3. The number of nitrogens with zero attached hydrogens (tertiary/aromatic N) is 2. The number of carbonyl (C=O) groups is 2. The summed E-state index contributed by atoms with van der Waals surface area (Å²) in [7, 11) is 0. The number of amides is 3. The molecule has 2 N–H and O–H groups in total. The Balaban J connectivity index is 1.54. The van der Waals surface area contributed by atoms with Gasteiger partial charge in [-0.1, -0.05) is 6.07 Å². The van der Waals surface area contributed by atoms with E-state index in [2.05, 4.69) is 15.6 Å². The molecule has 6 nitrogen and oxygen atoms in total. The van der Waals surface area contributed by atoms with E-state index in [1.165, 1.54) is 0 Å². The third kappa shape index (κ3) is 3.71. The highest BCUT2D eigenvalue weighted by Crippen LogP contribution is 2.21. The lowest BCUT2D eigenvalue weighted by Gasteiger charge is -2.32. The minimum atomic E-state index is -0.161. The molecule has 2 fully saturated rings. The first kappa shape index (κ1) is 13.9. The van der Waals surface area contributed by atoms with Crippen LogP contribution in [0.3, 0.4) is 0 Å². The number of likely N-dealkylation sites (tertiary alicyclic amines) is 1. The van der Waals surface area contributed by atoms with Gasteiger partial charge in [0.05, 0.1) is 5.92 Å². The third-order valence-electron chi connectivity index (χ3n) is 3.90. The van der Waals surface area contributed by atoms with Gasteiger partial charge in [0.2, 0.25) is 5.91 Å². The molecule has 112 valence electrons. The highest BCUT2D eigenvalue weighted by molar-refractivity contribution is 5.92. The molecule has 1 atom stereocenters. The molecule has 2 aliphatic rings. The van der Waals surface area contributed by atoms with Crippen LogP contribution >= 0.6 is 0 Å². The van der Waals surface area contributed by atoms with Gasteiger partial charge in [0, 0.05) is 25.3 Å². The molecule has 3 rings (SSSR count). The van der Waals surface area contributed by atoms with Gasteiger partial charge in [0.15, 0.2) is 0 Å². The van der Waals surface area contributed by atoms with Gasteiger partial charge in [0.25, 0.3) is 0 Å². The van der Waals surface area contributed by atoms with Crippen molar-refractivity contribution in [3.05, 3.63) is 24.4 Å². The number of anilines is 1. The predicted molar refractivity (Wildman–Crippen MR) is 78.7 cm³/mol. The highest BCUT2D eigenvalue weighted by atomic mass is 16.2. The first-order valence-corrected chi connectivity index (χ1v) is 7.50. The fourth-order valence-electron chi connectivity index (χ4n) is 2.53. The van der Waals surface area contributed by atoms with E-state index < -0.39 is 0 Å². The molecule has 1 aliphatic carbocycles. The molecule has 21 heavy (non-hydrogen) atoms. The van der Waals surface area contributed by atoms with E-state index >= 15 is 0 Å². The highest BCUT2D eigenvalue weighted by Gasteiger charge is 2.31. The van der Waals surface area contributed by atoms with E-state index in [1.807, 2.05) is 6.07 Å². The molecule has 1 saturated carbocycles. The molecule has 1 aromatic heterocycles. The number of rotatable bonds is 3. The van der Waals surface area contributed by atoms with Gasteiger partial charge in [-0.2, -0.15) is 0 Å². The number of pyridine rings is 1. The van der Waals surface area contributed by atoms with Gasteiger partial charge < -0.3 is 15.5 Å². The van der Waals surface area contributed by atoms with Crippen molar-refractivity contribution in [2.45, 2.75) is 31.7 Å². The number of urea groups is 1. The Hall–Kier alpha value is -2.11. The molecule has 0 bridgehead atoms. The molecular weight excluding hydrogens is 268 g/mol. The molecule has 1 aromatic rings. The summed E-state index contributed by atoms with van der Waals surface area (Å²) in [6.45, 7) is 1.21. The van der Waals surface area contributed by atoms with Crippen LogP contribution in [0.4, 0.5) is 10.6 Å². The summed E-state index contributed by atoms with van der Waals surface area (Å²) < 4.78 is 0. The van der Waals surface area contributed by atoms with Crippen molar-refractivity contribution >= 4 is 17.8 Å². The number of carbonyl (C=O) groups excluding carboxylic acids is 2. The average Bonchev–Trinajstić information content (AvgIpc) is 3.32. The molecule has 3 amide bonds. The zero-order chi connectivity index (χ0) is 14.7. The third-order valence-corrected chi connectivity index (χ3v) is 3.90. The maximum Gasteiger partial charge on any atom is 0.317 e. The molecule has 0 radical (unpaired) electrons. The predicted octanol–water partition coefficient (Wildman–Crippen LogP) is 1.60. The Morgan fingerprint density at radius 1 is 1.24 bits per heavy atom. The van der Waals surface area contributed by atoms with Crippen LogP contribution in [0.2, 0.25) is 0 Å². The minimum absolute atomic E-state index is 0.0344. The molecule has 1 aliphatic heterocycles. The van der Waals surface area contributed by atoms with Crippen LogP contribution in [0.15, 0.2) is 24.4 Å². The van der Waals surface area contributed by atoms with E-state index in [-0.39, 0.29) is 17.9 Å². The number of hydrogen-bond acceptors (Lipinski definition) is 3. The lowest BCUT2D eigenvalue weighted by molar-refractivity contribution is -0.121. The van der Waals surface area contributed by atoms with Crippen molar-refractivity contribution in [2.24, 2.45) is 5.92 Å². The first-order valence-electron chi connectivity index (χ1n) is 7.50. The van der Waals surface area contributed by atoms with Gasteiger partial charge >= 0.3 is 6.03 Å². The summed E-state index contributed by atoms with van der Waals surface area (Å²) in [5.74, 6) is 0.338. The van der Waals surface area contributed by atoms with Gasteiger partial charge in [0.1, 0.15) is 5.82 Å². The Kier molecular flexibility index (Phi) is 4.03. The van der Waals surface area contributed by atoms with E-state index in [9.17, 15) is 9.59 Å². The second kappa shape index (κ2) is 6.11. The minimum Gasteiger partial charge on any atom is -0.335 e. The summed E-state index contributed by atoms with van der Waals surface area (Å²) in [4.78, 5) is 30.2. The van der Waals surface area contributed by atoms with Crippen molar-refractivity contribution in [2.75, 3.05) is 18.4 Å². The first-order chi connectivity index (χ1) is 10.2. The van der Waals surface area contributed by atoms with Crippen LogP contribution in [0.1, 0.15) is 25.7 Å². The summed E-state index contributed by atoms with van der Waals surface area (Å²) in [5, 5.41) is 5.79. The van der Waals surface area contributed by atoms with Gasteiger partial charge in [-0.25, -0.2) is 9.78 Å². The van der Waals surface area contributed by atoms with Crippen LogP contribution in [0.5, 0.6) is 0 Å². The van der Waals surface area contributed by atoms with Gasteiger partial charge in [-0.3, -0.25) is 4.79 Å². The van der Waals surface area contributed by atoms with Crippen LogP contribution in [0.25, 0.3) is 0 Å². The lowest BCUT2D eigenvalue weighted by Crippen LogP contribution is -2.48. The zero-order valence-electron chi connectivity index (χ0n) is 11.9. The van der Waals surface area contributed by atoms with E-state index in [1.54, 1.807) is 23.2 Å². The average molecular weight is 288 g/mol. The van der Waals surface area contributed by atoms with Gasteiger partial charge in [-0.15, -0.1) is 0 Å². The molecule has 1 unspecified atom stereocenters. The van der Waals surface area contributed by atoms with E-state index in [4.69, 9.17) is 0 Å². The van der Waals surface area contributed by atoms with Crippen LogP contribution in [-0.4, -0.2) is 41.0 Å². The van der Waals surface area contributed by atoms with Crippen molar-refractivity contribution in [1.29, 1.82) is 0 Å². The zero-order valence-corrected chi connectivity index (χ0v) is 11.9. The standard InChI is InChI=1S/C15H20N4O2/c20-14(18-13-5-1-2-8-16-13)11-4-3-9-19(10-11)15(21)17-12-6-7-12/h1-2,5,8,11-12H,3-4,6-7,9-10H2,(H,17,21)(H,16,18,20). The summed E-state index contributed by atoms with van der Waals surface area (Å²) in [6.07, 6.45) is 5.46. The number of aromatic nitrogens is 1. The lowest BCUT2D eigenvalue weighted by atomic mass is 9.97. The van der Waals surface area contributed by atoms with Crippen molar-refractivity contribution in [3.63, 3.8) is 0 Å². The fraction of sp³-hybridized carbons (Fsp3) is 0.533. The summed E-state index contributed by atoms with van der Waals surface area (Å²) in [6, 6.07) is 5.71. The second-order valence-corrected chi connectivity index (χ2v) is 5.71. The molecule has 2 heterocycles. The molecule has 6 heteroatoms. The fourth-order valence-corrected chi connectivity index (χ4v) is 2.53. The van der Waals surface area contributed by atoms with Crippen molar-refractivity contribution in [1.82, 2.24) is 15.2 Å². The van der Waals surface area contributed by atoms with Crippen LogP contribution < -0.4 is 10.6 Å². The molecule has 0 aromatic carbocycles. The molecular formula is C15H20N4O2. The van der Waals surface area contributed by atoms with E-state index in [0.29, 0.717) is 18.4 Å². The maximum atomic E-state index is 12.3. The van der Waals surface area contributed by atoms with Gasteiger partial charge in [-0.05, 0) is 37.8 Å². The van der Waals surface area contributed by atoms with Crippen molar-refractivity contribution < 1.29 is 9.59 Å². The molecule has 0 spiro atoms. The summed E-state index contributed by atoms with van der Waals surface area (Å²) >= 11 is 0. The van der Waals surface area contributed by atoms with Crippen LogP contribution in [-0.2, 0) is 4.79 Å². The summed E-state index contributed by atoms with van der Waals surface area (Å²) in [5.41, 5.74) is 0. The molecule has 1 saturated heterocycles. The number of piperidine rings is 1. The quantitative estimate of drug-likeness (QED) is 0.887. The Labute approximate surface area is 123 Å². The smallest absolute Gasteiger partial charge is 0.317 e. The second-order valence-electron chi connectivity index (χ2n) is 5.71. The number of hydrogen-bond donors (Lipinski definition) is 2. The Morgan fingerprint density at radius 2 is 2.10 bits per heavy atom. The normalized spacial score (nSPS) is 21.7. The Morgan fingerprint density at radius 3 is 2.81 bits per heavy atom. The largest absolute Gasteiger partial charge is 0.335 e. The monoisotopic (exact) mass is 288 g/mol. The van der Waals surface area contributed by atoms with Crippen molar-refractivity contribution in [3.8, 4) is 0 Å². The SMILES string of the molecule is O=C(Nc1ccccn1)C1CCCN(C(=O)NC2CC2)C1. The van der Waals surface area contributed by atoms with E-state index in [0.717, 1.165) is 32.2 Å². The van der Waals surface area contributed by atoms with Crippen LogP contribution in [0, 0.1) is 5.92 Å².